The van der Waals surface area contributed by atoms with Crippen molar-refractivity contribution >= 4 is 44.7 Å². The number of aryl methyl sites for hydroxylation is 1. The summed E-state index contributed by atoms with van der Waals surface area (Å²) in [5.74, 6) is 0.0369. The van der Waals surface area contributed by atoms with Crippen LogP contribution in [-0.4, -0.2) is 68.0 Å². The van der Waals surface area contributed by atoms with Gasteiger partial charge in [0.15, 0.2) is 5.82 Å². The van der Waals surface area contributed by atoms with Gasteiger partial charge >= 0.3 is 0 Å². The molecule has 12 heteroatoms. The number of carbonyl (C=O) groups excluding carboxylic acids is 1. The fourth-order valence-corrected chi connectivity index (χ4v) is 6.32. The Morgan fingerprint density at radius 3 is 2.56 bits per heavy atom. The van der Waals surface area contributed by atoms with Crippen LogP contribution in [0.25, 0.3) is 0 Å². The van der Waals surface area contributed by atoms with E-state index in [0.29, 0.717) is 31.2 Å². The van der Waals surface area contributed by atoms with Gasteiger partial charge in [0.2, 0.25) is 5.91 Å². The van der Waals surface area contributed by atoms with Crippen LogP contribution in [0.2, 0.25) is 5.02 Å². The molecule has 3 heterocycles. The fourth-order valence-electron chi connectivity index (χ4n) is 5.09. The first-order valence-corrected chi connectivity index (χ1v) is 14.5. The summed E-state index contributed by atoms with van der Waals surface area (Å²) < 4.78 is 28.0. The number of piperazine rings is 1. The van der Waals surface area contributed by atoms with Crippen molar-refractivity contribution in [3.63, 3.8) is 0 Å². The molecule has 1 N–H and O–H groups in total. The number of sulfonamides is 1. The van der Waals surface area contributed by atoms with E-state index in [-0.39, 0.29) is 28.2 Å². The first-order valence-electron chi connectivity index (χ1n) is 12.7. The molecule has 2 aromatic carbocycles. The third-order valence-corrected chi connectivity index (χ3v) is 8.78. The largest absolute Gasteiger partial charge is 0.368 e. The van der Waals surface area contributed by atoms with Crippen molar-refractivity contribution in [3.8, 4) is 6.07 Å². The molecule has 0 unspecified atom stereocenters. The Bertz CT molecular complexity index is 1520. The Balaban J connectivity index is 1.20. The third kappa shape index (κ3) is 5.62. The molecule has 1 atom stereocenters. The van der Waals surface area contributed by atoms with Gasteiger partial charge in [-0.25, -0.2) is 18.4 Å². The van der Waals surface area contributed by atoms with Crippen molar-refractivity contribution in [3.05, 3.63) is 71.1 Å². The Morgan fingerprint density at radius 1 is 1.10 bits per heavy atom. The predicted molar refractivity (Wildman–Crippen MR) is 149 cm³/mol. The standard InChI is InChI=1S/C27H28ClN7O3S/c1-19(35-10-2-3-20-15-22(28)4-9-25(20)35)27(36)34-13-11-33(12-14-34)23-5-7-24(8-6-23)39(37,38)32-26-21(16-29)17-30-18-31-26/h4-9,15,17-19H,2-3,10-14H2,1H3,(H,30,31,32)/t19-/m0/s1. The van der Waals surface area contributed by atoms with Crippen LogP contribution in [-0.2, 0) is 21.2 Å². The topological polar surface area (TPSA) is 123 Å². The second-order valence-electron chi connectivity index (χ2n) is 9.55. The van der Waals surface area contributed by atoms with Gasteiger partial charge in [-0.15, -0.1) is 0 Å². The molecule has 1 saturated heterocycles. The molecule has 10 nitrogen and oxygen atoms in total. The van der Waals surface area contributed by atoms with Crippen LogP contribution in [0.15, 0.2) is 59.9 Å². The second kappa shape index (κ2) is 11.1. The molecule has 0 aliphatic carbocycles. The molecule has 1 amide bonds. The number of aromatic nitrogens is 2. The molecule has 0 spiro atoms. The van der Waals surface area contributed by atoms with Gasteiger partial charge in [0, 0.05) is 49.1 Å². The number of fused-ring (bicyclic) bond motifs is 1. The van der Waals surface area contributed by atoms with Crippen LogP contribution < -0.4 is 14.5 Å². The molecule has 202 valence electrons. The molecular weight excluding hydrogens is 538 g/mol. The minimum absolute atomic E-state index is 0.0355. The number of nitrogens with zero attached hydrogens (tertiary/aromatic N) is 6. The number of hydrogen-bond acceptors (Lipinski definition) is 8. The zero-order valence-corrected chi connectivity index (χ0v) is 23.0. The molecule has 0 radical (unpaired) electrons. The van der Waals surface area contributed by atoms with Crippen molar-refractivity contribution in [1.82, 2.24) is 14.9 Å². The van der Waals surface area contributed by atoms with E-state index in [1.165, 1.54) is 30.2 Å². The number of carbonyl (C=O) groups is 1. The number of benzene rings is 2. The molecule has 39 heavy (non-hydrogen) atoms. The van der Waals surface area contributed by atoms with Gasteiger partial charge in [0.05, 0.1) is 11.1 Å². The Labute approximate surface area is 232 Å². The summed E-state index contributed by atoms with van der Waals surface area (Å²) in [4.78, 5) is 27.3. The van der Waals surface area contributed by atoms with E-state index in [4.69, 9.17) is 16.9 Å². The predicted octanol–water partition coefficient (Wildman–Crippen LogP) is 3.29. The molecular formula is C27H28ClN7O3S. The first-order chi connectivity index (χ1) is 18.8. The van der Waals surface area contributed by atoms with Gasteiger partial charge in [-0.1, -0.05) is 11.6 Å². The van der Waals surface area contributed by atoms with Gasteiger partial charge in [-0.3, -0.25) is 9.52 Å². The maximum Gasteiger partial charge on any atom is 0.263 e. The Hall–Kier alpha value is -3.88. The van der Waals surface area contributed by atoms with Crippen molar-refractivity contribution in [2.24, 2.45) is 0 Å². The zero-order valence-electron chi connectivity index (χ0n) is 21.4. The summed E-state index contributed by atoms with van der Waals surface area (Å²) in [6.45, 7) is 5.24. The maximum atomic E-state index is 13.4. The summed E-state index contributed by atoms with van der Waals surface area (Å²) in [5, 5.41) is 9.88. The molecule has 5 rings (SSSR count). The Kier molecular flexibility index (Phi) is 7.59. The SMILES string of the molecule is C[C@@H](C(=O)N1CCN(c2ccc(S(=O)(=O)Nc3ncncc3C#N)cc2)CC1)N1CCCc2cc(Cl)ccc21. The third-order valence-electron chi connectivity index (χ3n) is 7.19. The number of halogens is 1. The monoisotopic (exact) mass is 565 g/mol. The minimum Gasteiger partial charge on any atom is -0.368 e. The number of amides is 1. The number of rotatable bonds is 6. The lowest BCUT2D eigenvalue weighted by Gasteiger charge is -2.41. The molecule has 1 fully saturated rings. The van der Waals surface area contributed by atoms with Gasteiger partial charge in [0.1, 0.15) is 24.0 Å². The van der Waals surface area contributed by atoms with Crippen LogP contribution in [0.3, 0.4) is 0 Å². The van der Waals surface area contributed by atoms with Crippen molar-refractivity contribution in [2.45, 2.75) is 30.7 Å². The zero-order chi connectivity index (χ0) is 27.6. The number of hydrogen-bond donors (Lipinski definition) is 1. The van der Waals surface area contributed by atoms with Crippen LogP contribution in [0.5, 0.6) is 0 Å². The molecule has 1 aromatic heterocycles. The highest BCUT2D eigenvalue weighted by Gasteiger charge is 2.31. The van der Waals surface area contributed by atoms with Crippen molar-refractivity contribution < 1.29 is 13.2 Å². The van der Waals surface area contributed by atoms with Gasteiger partial charge in [-0.05, 0) is 67.8 Å². The summed E-state index contributed by atoms with van der Waals surface area (Å²) in [7, 11) is -3.93. The lowest BCUT2D eigenvalue weighted by molar-refractivity contribution is -0.132. The van der Waals surface area contributed by atoms with E-state index in [0.717, 1.165) is 30.8 Å². The highest BCUT2D eigenvalue weighted by Crippen LogP contribution is 2.31. The molecule has 0 bridgehead atoms. The molecule has 2 aliphatic heterocycles. The first kappa shape index (κ1) is 26.7. The maximum absolute atomic E-state index is 13.4. The van der Waals surface area contributed by atoms with E-state index in [1.807, 2.05) is 36.1 Å². The highest BCUT2D eigenvalue weighted by molar-refractivity contribution is 7.92. The number of nitriles is 1. The van der Waals surface area contributed by atoms with Crippen LogP contribution in [0, 0.1) is 11.3 Å². The van der Waals surface area contributed by atoms with Crippen molar-refractivity contribution in [2.75, 3.05) is 47.2 Å². The summed E-state index contributed by atoms with van der Waals surface area (Å²) >= 11 is 6.18. The lowest BCUT2D eigenvalue weighted by Crippen LogP contribution is -2.55. The molecule has 0 saturated carbocycles. The van der Waals surface area contributed by atoms with Crippen molar-refractivity contribution in [1.29, 1.82) is 5.26 Å². The summed E-state index contributed by atoms with van der Waals surface area (Å²) in [6.07, 6.45) is 4.37. The minimum atomic E-state index is -3.93. The van der Waals surface area contributed by atoms with Gasteiger partial charge in [0.25, 0.3) is 10.0 Å². The fraction of sp³-hybridized carbons (Fsp3) is 0.333. The number of nitrogens with one attached hydrogen (secondary N) is 1. The van der Waals surface area contributed by atoms with Crippen LogP contribution in [0.1, 0.15) is 24.5 Å². The summed E-state index contributed by atoms with van der Waals surface area (Å²) in [5.41, 5.74) is 3.17. The average Bonchev–Trinajstić information content (AvgIpc) is 2.96. The quantitative estimate of drug-likeness (QED) is 0.483. The van der Waals surface area contributed by atoms with E-state index < -0.39 is 10.0 Å². The van der Waals surface area contributed by atoms with E-state index in [2.05, 4.69) is 24.5 Å². The van der Waals surface area contributed by atoms with E-state index in [9.17, 15) is 13.2 Å². The highest BCUT2D eigenvalue weighted by atomic mass is 35.5. The number of anilines is 3. The van der Waals surface area contributed by atoms with Gasteiger partial charge < -0.3 is 14.7 Å². The van der Waals surface area contributed by atoms with Gasteiger partial charge in [-0.2, -0.15) is 5.26 Å². The van der Waals surface area contributed by atoms with Crippen LogP contribution in [0.4, 0.5) is 17.2 Å². The second-order valence-corrected chi connectivity index (χ2v) is 11.7. The average molecular weight is 566 g/mol. The Morgan fingerprint density at radius 2 is 1.85 bits per heavy atom. The smallest absolute Gasteiger partial charge is 0.263 e. The summed E-state index contributed by atoms with van der Waals surface area (Å²) in [6, 6.07) is 14.0. The van der Waals surface area contributed by atoms with E-state index >= 15 is 0 Å². The van der Waals surface area contributed by atoms with E-state index in [1.54, 1.807) is 12.1 Å². The molecule has 3 aromatic rings. The van der Waals surface area contributed by atoms with Crippen LogP contribution >= 0.6 is 11.6 Å². The molecule has 2 aliphatic rings. The normalized spacial score (nSPS) is 16.3. The lowest BCUT2D eigenvalue weighted by atomic mass is 10.00.